The quantitative estimate of drug-likeness (QED) is 0.540. The third-order valence-electron chi connectivity index (χ3n) is 3.40. The third-order valence-corrected chi connectivity index (χ3v) is 4.74. The first-order valence-corrected chi connectivity index (χ1v) is 9.24. The van der Waals surface area contributed by atoms with Crippen LogP contribution in [0.2, 0.25) is 5.02 Å². The number of carbonyl (C=O) groups is 1. The van der Waals surface area contributed by atoms with E-state index in [0.29, 0.717) is 28.6 Å². The molecule has 0 unspecified atom stereocenters. The lowest BCUT2D eigenvalue weighted by atomic mass is 10.2. The number of hydrogen-bond donors (Lipinski definition) is 1. The number of methoxy groups -OCH3 is 1. The Kier molecular flexibility index (Phi) is 7.82. The summed E-state index contributed by atoms with van der Waals surface area (Å²) in [6.45, 7) is 0.503. The number of halogens is 2. The van der Waals surface area contributed by atoms with Gasteiger partial charge in [-0.05, 0) is 35.9 Å². The Labute approximate surface area is 156 Å². The normalized spacial score (nSPS) is 10.8. The van der Waals surface area contributed by atoms with E-state index in [1.165, 1.54) is 23.9 Å². The van der Waals surface area contributed by atoms with Crippen molar-refractivity contribution in [2.75, 3.05) is 19.4 Å². The topological polar surface area (TPSA) is 38.3 Å². The average Bonchev–Trinajstić information content (AvgIpc) is 2.62. The van der Waals surface area contributed by atoms with Crippen LogP contribution >= 0.6 is 23.4 Å². The largest absolute Gasteiger partial charge is 0.497 e. The van der Waals surface area contributed by atoms with Crippen molar-refractivity contribution in [2.24, 2.45) is 0 Å². The predicted octanol–water partition coefficient (Wildman–Crippen LogP) is 4.55. The molecule has 0 spiro atoms. The van der Waals surface area contributed by atoms with Gasteiger partial charge in [-0.1, -0.05) is 29.8 Å². The fourth-order valence-corrected chi connectivity index (χ4v) is 3.23. The monoisotopic (exact) mass is 379 g/mol. The molecule has 0 bridgehead atoms. The zero-order valence-electron chi connectivity index (χ0n) is 13.8. The molecule has 6 heteroatoms. The van der Waals surface area contributed by atoms with Crippen LogP contribution in [0.15, 0.2) is 48.5 Å². The standard InChI is InChI=1S/C19H19ClFNO2S/c1-24-15-8-5-14(6-9-15)7-10-19(23)22-11-12-25-13-16-17(20)3-2-4-18(16)21/h2-10H,11-13H2,1H3,(H,22,23)/b10-7+. The molecule has 25 heavy (non-hydrogen) atoms. The Bertz CT molecular complexity index is 714. The summed E-state index contributed by atoms with van der Waals surface area (Å²) in [5.41, 5.74) is 1.42. The summed E-state index contributed by atoms with van der Waals surface area (Å²) in [4.78, 5) is 11.8. The molecule has 132 valence electrons. The number of amides is 1. The molecule has 0 atom stereocenters. The van der Waals surface area contributed by atoms with Crippen LogP contribution < -0.4 is 10.1 Å². The van der Waals surface area contributed by atoms with E-state index in [2.05, 4.69) is 5.32 Å². The van der Waals surface area contributed by atoms with Gasteiger partial charge in [0.15, 0.2) is 0 Å². The number of ether oxygens (including phenoxy) is 1. The Morgan fingerprint density at radius 3 is 2.72 bits per heavy atom. The zero-order valence-corrected chi connectivity index (χ0v) is 15.4. The minimum absolute atomic E-state index is 0.166. The van der Waals surface area contributed by atoms with Gasteiger partial charge in [0.25, 0.3) is 0 Å². The molecule has 0 aromatic heterocycles. The van der Waals surface area contributed by atoms with E-state index >= 15 is 0 Å². The lowest BCUT2D eigenvalue weighted by molar-refractivity contribution is -0.116. The summed E-state index contributed by atoms with van der Waals surface area (Å²) >= 11 is 7.49. The molecular weight excluding hydrogens is 361 g/mol. The molecule has 0 aliphatic heterocycles. The maximum absolute atomic E-state index is 13.6. The van der Waals surface area contributed by atoms with Gasteiger partial charge in [-0.15, -0.1) is 0 Å². The van der Waals surface area contributed by atoms with Crippen molar-refractivity contribution in [3.8, 4) is 5.75 Å². The number of hydrogen-bond acceptors (Lipinski definition) is 3. The van der Waals surface area contributed by atoms with Crippen molar-refractivity contribution in [3.05, 3.63) is 70.5 Å². The SMILES string of the molecule is COc1ccc(/C=C/C(=O)NCCSCc2c(F)cccc2Cl)cc1. The first kappa shape index (κ1) is 19.3. The summed E-state index contributed by atoms with van der Waals surface area (Å²) in [6.07, 6.45) is 3.22. The van der Waals surface area contributed by atoms with Crippen LogP contribution in [-0.2, 0) is 10.5 Å². The van der Waals surface area contributed by atoms with E-state index < -0.39 is 0 Å². The first-order chi connectivity index (χ1) is 12.1. The highest BCUT2D eigenvalue weighted by Gasteiger charge is 2.06. The van der Waals surface area contributed by atoms with Gasteiger partial charge in [-0.2, -0.15) is 11.8 Å². The number of carbonyl (C=O) groups excluding carboxylic acids is 1. The molecule has 2 aromatic carbocycles. The lowest BCUT2D eigenvalue weighted by Crippen LogP contribution is -2.23. The lowest BCUT2D eigenvalue weighted by Gasteiger charge is -2.06. The molecule has 2 rings (SSSR count). The molecule has 0 heterocycles. The highest BCUT2D eigenvalue weighted by molar-refractivity contribution is 7.98. The van der Waals surface area contributed by atoms with Gasteiger partial charge in [0.05, 0.1) is 7.11 Å². The van der Waals surface area contributed by atoms with Crippen LogP contribution in [0.4, 0.5) is 4.39 Å². The van der Waals surface area contributed by atoms with Crippen LogP contribution in [-0.4, -0.2) is 25.3 Å². The molecule has 0 saturated heterocycles. The van der Waals surface area contributed by atoms with Crippen molar-refractivity contribution in [3.63, 3.8) is 0 Å². The molecule has 0 aliphatic rings. The van der Waals surface area contributed by atoms with Crippen molar-refractivity contribution < 1.29 is 13.9 Å². The maximum Gasteiger partial charge on any atom is 0.244 e. The second-order valence-corrected chi connectivity index (χ2v) is 6.66. The fourth-order valence-electron chi connectivity index (χ4n) is 2.04. The maximum atomic E-state index is 13.6. The van der Waals surface area contributed by atoms with Gasteiger partial charge in [0.2, 0.25) is 5.91 Å². The van der Waals surface area contributed by atoms with E-state index in [1.54, 1.807) is 25.3 Å². The molecule has 1 amide bonds. The molecule has 0 fully saturated rings. The van der Waals surface area contributed by atoms with E-state index in [-0.39, 0.29) is 11.7 Å². The van der Waals surface area contributed by atoms with Gasteiger partial charge in [0, 0.05) is 34.7 Å². The highest BCUT2D eigenvalue weighted by Crippen LogP contribution is 2.23. The fraction of sp³-hybridized carbons (Fsp3) is 0.211. The van der Waals surface area contributed by atoms with Crippen molar-refractivity contribution in [2.45, 2.75) is 5.75 Å². The second kappa shape index (κ2) is 10.1. The van der Waals surface area contributed by atoms with Gasteiger partial charge in [-0.25, -0.2) is 4.39 Å². The summed E-state index contributed by atoms with van der Waals surface area (Å²) in [6, 6.07) is 12.1. The first-order valence-electron chi connectivity index (χ1n) is 7.70. The van der Waals surface area contributed by atoms with E-state index in [0.717, 1.165) is 11.3 Å². The van der Waals surface area contributed by atoms with Crippen molar-refractivity contribution >= 4 is 35.3 Å². The van der Waals surface area contributed by atoms with Gasteiger partial charge in [-0.3, -0.25) is 4.79 Å². The third kappa shape index (κ3) is 6.44. The van der Waals surface area contributed by atoms with Gasteiger partial charge >= 0.3 is 0 Å². The summed E-state index contributed by atoms with van der Waals surface area (Å²) in [7, 11) is 1.61. The number of benzene rings is 2. The van der Waals surface area contributed by atoms with Crippen LogP contribution in [0.3, 0.4) is 0 Å². The Morgan fingerprint density at radius 1 is 1.28 bits per heavy atom. The number of thioether (sulfide) groups is 1. The van der Waals surface area contributed by atoms with Gasteiger partial charge < -0.3 is 10.1 Å². The molecule has 0 aliphatic carbocycles. The smallest absolute Gasteiger partial charge is 0.244 e. The Morgan fingerprint density at radius 2 is 2.04 bits per heavy atom. The predicted molar refractivity (Wildman–Crippen MR) is 103 cm³/mol. The zero-order chi connectivity index (χ0) is 18.1. The van der Waals surface area contributed by atoms with E-state index in [9.17, 15) is 9.18 Å². The number of rotatable bonds is 8. The van der Waals surface area contributed by atoms with Gasteiger partial charge in [0.1, 0.15) is 11.6 Å². The Balaban J connectivity index is 1.69. The molecular formula is C19H19ClFNO2S. The van der Waals surface area contributed by atoms with Crippen LogP contribution in [0.1, 0.15) is 11.1 Å². The number of nitrogens with one attached hydrogen (secondary N) is 1. The summed E-state index contributed by atoms with van der Waals surface area (Å²) < 4.78 is 18.7. The molecule has 3 nitrogen and oxygen atoms in total. The highest BCUT2D eigenvalue weighted by atomic mass is 35.5. The van der Waals surface area contributed by atoms with Crippen molar-refractivity contribution in [1.29, 1.82) is 0 Å². The van der Waals surface area contributed by atoms with E-state index in [4.69, 9.17) is 16.3 Å². The minimum Gasteiger partial charge on any atom is -0.497 e. The minimum atomic E-state index is -0.300. The van der Waals surface area contributed by atoms with Crippen LogP contribution in [0.25, 0.3) is 6.08 Å². The van der Waals surface area contributed by atoms with Crippen LogP contribution in [0, 0.1) is 5.82 Å². The molecule has 1 N–H and O–H groups in total. The molecule has 2 aromatic rings. The van der Waals surface area contributed by atoms with Crippen molar-refractivity contribution in [1.82, 2.24) is 5.32 Å². The Hall–Kier alpha value is -1.98. The van der Waals surface area contributed by atoms with Crippen LogP contribution in [0.5, 0.6) is 5.75 Å². The molecule has 0 saturated carbocycles. The summed E-state index contributed by atoms with van der Waals surface area (Å²) in [5.74, 6) is 1.45. The average molecular weight is 380 g/mol. The summed E-state index contributed by atoms with van der Waals surface area (Å²) in [5, 5.41) is 3.22. The second-order valence-electron chi connectivity index (χ2n) is 5.15. The van der Waals surface area contributed by atoms with E-state index in [1.807, 2.05) is 24.3 Å². The molecule has 0 radical (unpaired) electrons.